The highest BCUT2D eigenvalue weighted by molar-refractivity contribution is 7.92. The zero-order chi connectivity index (χ0) is 15.3. The number of carbonyl (C=O) groups is 1. The topological polar surface area (TPSA) is 110 Å². The number of hydrogen-bond acceptors (Lipinski definition) is 6. The van der Waals surface area contributed by atoms with E-state index in [1.54, 1.807) is 20.8 Å². The largest absolute Gasteiger partial charge is 0.461 e. The Bertz CT molecular complexity index is 567. The molecule has 0 radical (unpaired) electrons. The maximum atomic E-state index is 11.9. The van der Waals surface area contributed by atoms with Crippen molar-refractivity contribution < 1.29 is 22.7 Å². The van der Waals surface area contributed by atoms with E-state index in [0.29, 0.717) is 5.82 Å². The van der Waals surface area contributed by atoms with Crippen molar-refractivity contribution in [1.29, 1.82) is 0 Å². The molecule has 1 rings (SSSR count). The smallest absolute Gasteiger partial charge is 0.358 e. The Morgan fingerprint density at radius 2 is 2.15 bits per heavy atom. The fraction of sp³-hybridized carbons (Fsp3) is 0.636. The number of aromatic amines is 1. The number of ether oxygens (including phenoxy) is 2. The molecule has 8 nitrogen and oxygen atoms in total. The summed E-state index contributed by atoms with van der Waals surface area (Å²) in [6.07, 6.45) is -0.474. The fourth-order valence-corrected chi connectivity index (χ4v) is 2.76. The molecule has 0 spiro atoms. The number of rotatable bonds is 7. The summed E-state index contributed by atoms with van der Waals surface area (Å²) >= 11 is 0. The highest BCUT2D eigenvalue weighted by Gasteiger charge is 2.23. The van der Waals surface area contributed by atoms with Crippen LogP contribution < -0.4 is 4.72 Å². The number of esters is 1. The third-order valence-corrected chi connectivity index (χ3v) is 3.82. The molecule has 114 valence electrons. The van der Waals surface area contributed by atoms with Crippen molar-refractivity contribution in [3.8, 4) is 0 Å². The Hall–Kier alpha value is -1.61. The van der Waals surface area contributed by atoms with Crippen LogP contribution in [-0.2, 0) is 19.5 Å². The van der Waals surface area contributed by atoms with Crippen molar-refractivity contribution in [2.75, 3.05) is 24.2 Å². The van der Waals surface area contributed by atoms with Crippen LogP contribution in [0.15, 0.2) is 0 Å². The van der Waals surface area contributed by atoms with Gasteiger partial charge >= 0.3 is 5.97 Å². The Morgan fingerprint density at radius 1 is 1.50 bits per heavy atom. The molecule has 0 aromatic carbocycles. The van der Waals surface area contributed by atoms with Crippen molar-refractivity contribution in [3.63, 3.8) is 0 Å². The minimum atomic E-state index is -3.67. The van der Waals surface area contributed by atoms with Crippen LogP contribution in [0.1, 0.15) is 30.2 Å². The van der Waals surface area contributed by atoms with Gasteiger partial charge in [-0.25, -0.2) is 18.2 Å². The van der Waals surface area contributed by atoms with Crippen LogP contribution >= 0.6 is 0 Å². The number of aryl methyl sites for hydroxylation is 1. The lowest BCUT2D eigenvalue weighted by Gasteiger charge is -2.11. The molecule has 1 aromatic rings. The molecule has 1 aromatic heterocycles. The van der Waals surface area contributed by atoms with Crippen molar-refractivity contribution in [2.45, 2.75) is 26.9 Å². The van der Waals surface area contributed by atoms with Crippen LogP contribution in [0.5, 0.6) is 0 Å². The SMILES string of the molecule is CCOC(=O)c1[nH]c(C)nc1NS(=O)(=O)CC(C)OC. The number of sulfonamides is 1. The molecule has 1 atom stereocenters. The van der Waals surface area contributed by atoms with Gasteiger partial charge in [0.15, 0.2) is 11.5 Å². The minimum Gasteiger partial charge on any atom is -0.461 e. The van der Waals surface area contributed by atoms with E-state index in [-0.39, 0.29) is 23.9 Å². The highest BCUT2D eigenvalue weighted by atomic mass is 32.2. The number of anilines is 1. The van der Waals surface area contributed by atoms with Gasteiger partial charge in [-0.2, -0.15) is 0 Å². The quantitative estimate of drug-likeness (QED) is 0.716. The van der Waals surface area contributed by atoms with E-state index in [1.165, 1.54) is 7.11 Å². The minimum absolute atomic E-state index is 0.0157. The number of imidazole rings is 1. The van der Waals surface area contributed by atoms with Crippen molar-refractivity contribution in [3.05, 3.63) is 11.5 Å². The number of hydrogen-bond donors (Lipinski definition) is 2. The summed E-state index contributed by atoms with van der Waals surface area (Å²) in [5, 5.41) is 0. The van der Waals surface area contributed by atoms with Crippen LogP contribution in [0.2, 0.25) is 0 Å². The van der Waals surface area contributed by atoms with Gasteiger partial charge in [-0.15, -0.1) is 0 Å². The standard InChI is InChI=1S/C11H19N3O5S/c1-5-19-11(15)9-10(13-8(3)12-9)14-20(16,17)6-7(2)18-4/h7,14H,5-6H2,1-4H3,(H,12,13). The molecule has 2 N–H and O–H groups in total. The van der Waals surface area contributed by atoms with Gasteiger partial charge < -0.3 is 14.5 Å². The summed E-state index contributed by atoms with van der Waals surface area (Å²) in [5.41, 5.74) is -0.0157. The van der Waals surface area contributed by atoms with Crippen molar-refractivity contribution in [2.24, 2.45) is 0 Å². The van der Waals surface area contributed by atoms with E-state index in [2.05, 4.69) is 14.7 Å². The van der Waals surface area contributed by atoms with Gasteiger partial charge in [-0.1, -0.05) is 0 Å². The number of methoxy groups -OCH3 is 1. The Balaban J connectivity index is 2.95. The number of H-pyrrole nitrogens is 1. The van der Waals surface area contributed by atoms with E-state index in [4.69, 9.17) is 9.47 Å². The lowest BCUT2D eigenvalue weighted by Crippen LogP contribution is -2.26. The molecule has 0 aliphatic rings. The average molecular weight is 305 g/mol. The van der Waals surface area contributed by atoms with Gasteiger partial charge in [0.2, 0.25) is 10.0 Å². The molecule has 0 saturated heterocycles. The molecule has 0 amide bonds. The summed E-state index contributed by atoms with van der Waals surface area (Å²) in [7, 11) is -2.25. The predicted octanol–water partition coefficient (Wildman–Crippen LogP) is 0.671. The number of nitrogens with zero attached hydrogens (tertiary/aromatic N) is 1. The predicted molar refractivity (Wildman–Crippen MR) is 73.2 cm³/mol. The van der Waals surface area contributed by atoms with Gasteiger partial charge in [0.1, 0.15) is 5.82 Å². The fourth-order valence-electron chi connectivity index (χ4n) is 1.48. The van der Waals surface area contributed by atoms with Crippen LogP contribution in [0, 0.1) is 6.92 Å². The Kier molecular flexibility index (Phi) is 5.52. The third-order valence-electron chi connectivity index (χ3n) is 2.41. The van der Waals surface area contributed by atoms with Crippen molar-refractivity contribution >= 4 is 21.8 Å². The molecule has 0 fully saturated rings. The average Bonchev–Trinajstić information content (AvgIpc) is 2.68. The van der Waals surface area contributed by atoms with E-state index in [0.717, 1.165) is 0 Å². The van der Waals surface area contributed by atoms with Crippen LogP contribution in [0.4, 0.5) is 5.82 Å². The first-order chi connectivity index (χ1) is 9.29. The highest BCUT2D eigenvalue weighted by Crippen LogP contribution is 2.15. The number of carbonyl (C=O) groups excluding carboxylic acids is 1. The van der Waals surface area contributed by atoms with E-state index >= 15 is 0 Å². The first-order valence-corrected chi connectivity index (χ1v) is 7.71. The van der Waals surface area contributed by atoms with E-state index in [1.807, 2.05) is 0 Å². The van der Waals surface area contributed by atoms with Gasteiger partial charge in [-0.05, 0) is 20.8 Å². The number of nitrogens with one attached hydrogen (secondary N) is 2. The van der Waals surface area contributed by atoms with Gasteiger partial charge in [0.05, 0.1) is 18.5 Å². The van der Waals surface area contributed by atoms with Gasteiger partial charge in [-0.3, -0.25) is 4.72 Å². The van der Waals surface area contributed by atoms with E-state index in [9.17, 15) is 13.2 Å². The first kappa shape index (κ1) is 16.4. The molecular weight excluding hydrogens is 286 g/mol. The molecule has 1 unspecified atom stereocenters. The molecule has 20 heavy (non-hydrogen) atoms. The van der Waals surface area contributed by atoms with Crippen molar-refractivity contribution in [1.82, 2.24) is 9.97 Å². The second-order valence-electron chi connectivity index (χ2n) is 4.20. The summed E-state index contributed by atoms with van der Waals surface area (Å²) in [4.78, 5) is 18.3. The monoisotopic (exact) mass is 305 g/mol. The van der Waals surface area contributed by atoms with E-state index < -0.39 is 22.1 Å². The second kappa shape index (κ2) is 6.71. The summed E-state index contributed by atoms with van der Waals surface area (Å²) in [6.45, 7) is 5.08. The molecule has 0 aliphatic carbocycles. The van der Waals surface area contributed by atoms with Crippen LogP contribution in [0.25, 0.3) is 0 Å². The summed E-state index contributed by atoms with van der Waals surface area (Å²) in [5.74, 6) is -0.558. The summed E-state index contributed by atoms with van der Waals surface area (Å²) < 4.78 is 35.8. The Labute approximate surface area is 117 Å². The maximum absolute atomic E-state index is 11.9. The third kappa shape index (κ3) is 4.49. The number of aromatic nitrogens is 2. The summed E-state index contributed by atoms with van der Waals surface area (Å²) in [6, 6.07) is 0. The molecule has 9 heteroatoms. The molecular formula is C11H19N3O5S. The van der Waals surface area contributed by atoms with Gasteiger partial charge in [0, 0.05) is 7.11 Å². The van der Waals surface area contributed by atoms with Gasteiger partial charge in [0.25, 0.3) is 0 Å². The first-order valence-electron chi connectivity index (χ1n) is 6.06. The lowest BCUT2D eigenvalue weighted by atomic mass is 10.4. The zero-order valence-electron chi connectivity index (χ0n) is 11.9. The molecule has 0 aliphatic heterocycles. The second-order valence-corrected chi connectivity index (χ2v) is 5.96. The molecule has 0 saturated carbocycles. The maximum Gasteiger partial charge on any atom is 0.358 e. The Morgan fingerprint density at radius 3 is 2.70 bits per heavy atom. The molecule has 1 heterocycles. The van der Waals surface area contributed by atoms with Crippen LogP contribution in [0.3, 0.4) is 0 Å². The van der Waals surface area contributed by atoms with Crippen LogP contribution in [-0.4, -0.2) is 49.9 Å². The zero-order valence-corrected chi connectivity index (χ0v) is 12.7. The molecule has 0 bridgehead atoms. The lowest BCUT2D eigenvalue weighted by molar-refractivity contribution is 0.0521. The normalized spacial score (nSPS) is 13.0.